The molecule has 0 aliphatic rings. The molecule has 4 nitrogen and oxygen atoms in total. The number of hydrogen-bond donors (Lipinski definition) is 1. The Labute approximate surface area is 342 Å². The predicted octanol–water partition coefficient (Wildman–Crippen LogP) is 13.4. The molecule has 0 unspecified atom stereocenters. The molecule has 5 heteroatoms. The van der Waals surface area contributed by atoms with Gasteiger partial charge in [-0.05, 0) is 74.7 Å². The van der Waals surface area contributed by atoms with Crippen LogP contribution in [0.15, 0.2) is 115 Å². The topological polar surface area (TPSA) is 50.9 Å². The fourth-order valence-electron chi connectivity index (χ4n) is 7.35. The number of para-hydroxylation sites is 2. The van der Waals surface area contributed by atoms with E-state index >= 15 is 0 Å². The van der Waals surface area contributed by atoms with Gasteiger partial charge < -0.3 is 5.11 Å². The number of phenolic OH excluding ortho intramolecular Hbond substituents is 1. The zero-order valence-electron chi connectivity index (χ0n) is 33.7. The number of nitrogens with zero attached hydrogens (tertiary/aromatic N) is 3. The molecule has 7 rings (SSSR count). The number of benzene rings is 5. The summed E-state index contributed by atoms with van der Waals surface area (Å²) in [5.41, 5.74) is 14.3. The van der Waals surface area contributed by atoms with E-state index in [4.69, 9.17) is 9.97 Å². The van der Waals surface area contributed by atoms with Gasteiger partial charge in [-0.1, -0.05) is 153 Å². The summed E-state index contributed by atoms with van der Waals surface area (Å²) in [5, 5.41) is 11.7. The molecule has 2 aromatic heterocycles. The third-order valence-electron chi connectivity index (χ3n) is 10.5. The summed E-state index contributed by atoms with van der Waals surface area (Å²) < 4.78 is 2.30. The van der Waals surface area contributed by atoms with Gasteiger partial charge in [0.2, 0.25) is 0 Å². The maximum atomic E-state index is 11.7. The third-order valence-corrected chi connectivity index (χ3v) is 10.5. The van der Waals surface area contributed by atoms with Gasteiger partial charge in [0, 0.05) is 33.0 Å². The second-order valence-corrected chi connectivity index (χ2v) is 17.3. The van der Waals surface area contributed by atoms with Crippen molar-refractivity contribution in [2.45, 2.75) is 91.9 Å². The molecule has 2 heterocycles. The second-order valence-electron chi connectivity index (χ2n) is 17.3. The average molecular weight is 906 g/mol. The second kappa shape index (κ2) is 15.4. The first-order chi connectivity index (χ1) is 25.6. The van der Waals surface area contributed by atoms with Crippen molar-refractivity contribution in [1.29, 1.82) is 0 Å². The molecule has 0 aliphatic carbocycles. The standard InChI is InChI=1S/C50H52N3O.Pt/c1-31(2)39-18-14-19-40(32(3)4)47(39)53-44-21-15-20-41(46(44)52-48(53)42-29-34(22-23-45(42)54)33-16-12-11-13-17-33)35-26-36(28-38(27-35)50(8,9)10)43-30-37(24-25-51-43)49(5,6)7;/h11-25,27-32,54H,1-10H3;/q-1;. The molecule has 0 spiro atoms. The largest absolute Gasteiger partial charge is 0.507 e. The number of rotatable bonds is 7. The molecule has 0 saturated carbocycles. The number of phenols is 1. The van der Waals surface area contributed by atoms with Crippen LogP contribution in [-0.2, 0) is 31.9 Å². The summed E-state index contributed by atoms with van der Waals surface area (Å²) in [4.78, 5) is 10.4. The van der Waals surface area contributed by atoms with E-state index in [0.717, 1.165) is 50.2 Å². The van der Waals surface area contributed by atoms with Crippen molar-refractivity contribution in [3.05, 3.63) is 144 Å². The van der Waals surface area contributed by atoms with Gasteiger partial charge >= 0.3 is 0 Å². The Hall–Kier alpha value is -4.79. The van der Waals surface area contributed by atoms with Crippen molar-refractivity contribution in [3.8, 4) is 56.3 Å². The van der Waals surface area contributed by atoms with Crippen LogP contribution >= 0.6 is 0 Å². The molecule has 1 N–H and O–H groups in total. The van der Waals surface area contributed by atoms with Gasteiger partial charge in [-0.15, -0.1) is 29.3 Å². The first-order valence-electron chi connectivity index (χ1n) is 19.2. The number of hydrogen-bond acceptors (Lipinski definition) is 3. The van der Waals surface area contributed by atoms with Crippen LogP contribution in [0.4, 0.5) is 0 Å². The van der Waals surface area contributed by atoms with E-state index in [1.165, 1.54) is 22.3 Å². The van der Waals surface area contributed by atoms with Gasteiger partial charge in [-0.2, -0.15) is 0 Å². The minimum atomic E-state index is -0.120. The van der Waals surface area contributed by atoms with Gasteiger partial charge in [-0.25, -0.2) is 4.98 Å². The van der Waals surface area contributed by atoms with Gasteiger partial charge in [0.15, 0.2) is 0 Å². The van der Waals surface area contributed by atoms with E-state index in [2.05, 4.69) is 159 Å². The minimum Gasteiger partial charge on any atom is -0.507 e. The van der Waals surface area contributed by atoms with Gasteiger partial charge in [0.25, 0.3) is 0 Å². The number of pyridine rings is 1. The van der Waals surface area contributed by atoms with E-state index in [0.29, 0.717) is 11.4 Å². The first kappa shape index (κ1) is 39.9. The van der Waals surface area contributed by atoms with Crippen molar-refractivity contribution < 1.29 is 26.2 Å². The fraction of sp³-hybridized carbons (Fsp3) is 0.280. The molecule has 0 fully saturated rings. The van der Waals surface area contributed by atoms with Crippen LogP contribution in [-0.4, -0.2) is 19.6 Å². The molecule has 55 heavy (non-hydrogen) atoms. The molecular formula is C50H52N3OPt-. The van der Waals surface area contributed by atoms with Crippen LogP contribution < -0.4 is 0 Å². The van der Waals surface area contributed by atoms with Gasteiger partial charge in [0.1, 0.15) is 11.6 Å². The predicted molar refractivity (Wildman–Crippen MR) is 227 cm³/mol. The molecule has 5 aromatic carbocycles. The monoisotopic (exact) mass is 905 g/mol. The van der Waals surface area contributed by atoms with Crippen molar-refractivity contribution in [3.63, 3.8) is 0 Å². The summed E-state index contributed by atoms with van der Waals surface area (Å²) in [6, 6.07) is 41.9. The van der Waals surface area contributed by atoms with Crippen LogP contribution in [0.3, 0.4) is 0 Å². The summed E-state index contributed by atoms with van der Waals surface area (Å²) in [6.07, 6.45) is 1.91. The van der Waals surface area contributed by atoms with Gasteiger partial charge in [0.05, 0.1) is 22.3 Å². The normalized spacial score (nSPS) is 12.1. The van der Waals surface area contributed by atoms with Gasteiger partial charge in [-0.3, -0.25) is 9.55 Å². The van der Waals surface area contributed by atoms with E-state index in [1.807, 2.05) is 30.5 Å². The fourth-order valence-corrected chi connectivity index (χ4v) is 7.35. The Morgan fingerprint density at radius 2 is 1.25 bits per heavy atom. The minimum absolute atomic E-state index is 0. The summed E-state index contributed by atoms with van der Waals surface area (Å²) in [7, 11) is 0. The number of aromatic hydroxyl groups is 1. The van der Waals surface area contributed by atoms with Crippen molar-refractivity contribution in [1.82, 2.24) is 14.5 Å². The smallest absolute Gasteiger partial charge is 0.148 e. The first-order valence-corrected chi connectivity index (χ1v) is 19.2. The summed E-state index contributed by atoms with van der Waals surface area (Å²) >= 11 is 0. The quantitative estimate of drug-likeness (QED) is 0.162. The summed E-state index contributed by atoms with van der Waals surface area (Å²) in [5.74, 6) is 1.41. The third kappa shape index (κ3) is 7.85. The molecule has 0 saturated heterocycles. The van der Waals surface area contributed by atoms with Crippen molar-refractivity contribution in [2.24, 2.45) is 0 Å². The summed E-state index contributed by atoms with van der Waals surface area (Å²) in [6.45, 7) is 22.4. The molecular weight excluding hydrogens is 854 g/mol. The van der Waals surface area contributed by atoms with E-state index in [-0.39, 0.29) is 49.5 Å². The molecule has 0 bridgehead atoms. The Bertz CT molecular complexity index is 2450. The maximum absolute atomic E-state index is 11.7. The van der Waals surface area contributed by atoms with Crippen LogP contribution in [0.1, 0.15) is 103 Å². The van der Waals surface area contributed by atoms with Crippen LogP contribution in [0, 0.1) is 6.07 Å². The molecule has 0 aliphatic heterocycles. The Morgan fingerprint density at radius 1 is 0.618 bits per heavy atom. The zero-order chi connectivity index (χ0) is 38.5. The van der Waals surface area contributed by atoms with Crippen LogP contribution in [0.25, 0.3) is 61.6 Å². The van der Waals surface area contributed by atoms with Crippen LogP contribution in [0.5, 0.6) is 5.75 Å². The number of aromatic nitrogens is 3. The van der Waals surface area contributed by atoms with E-state index < -0.39 is 0 Å². The number of imidazole rings is 1. The Morgan fingerprint density at radius 3 is 1.89 bits per heavy atom. The average Bonchev–Trinajstić information content (AvgIpc) is 3.53. The SMILES string of the molecule is CC(C)c1cccc(C(C)C)c1-n1c(-c2cc(-c3ccccc3)ccc2O)nc2c(-c3[c-]c(-c4cc(C(C)(C)C)ccn4)cc(C(C)(C)C)c3)cccc21.[Pt]. The Balaban J connectivity index is 0.00000514. The Kier molecular flexibility index (Phi) is 11.2. The van der Waals surface area contributed by atoms with E-state index in [9.17, 15) is 5.11 Å². The van der Waals surface area contributed by atoms with Crippen LogP contribution in [0.2, 0.25) is 0 Å². The zero-order valence-corrected chi connectivity index (χ0v) is 36.0. The maximum Gasteiger partial charge on any atom is 0.148 e. The van der Waals surface area contributed by atoms with Crippen molar-refractivity contribution >= 4 is 11.0 Å². The van der Waals surface area contributed by atoms with E-state index in [1.54, 1.807) is 6.07 Å². The number of fused-ring (bicyclic) bond motifs is 1. The molecule has 0 radical (unpaired) electrons. The molecule has 0 amide bonds. The molecule has 284 valence electrons. The van der Waals surface area contributed by atoms with Crippen molar-refractivity contribution in [2.75, 3.05) is 0 Å². The molecule has 0 atom stereocenters. The molecule has 7 aromatic rings.